The zero-order chi connectivity index (χ0) is 24.8. The molecule has 0 bridgehead atoms. The maximum Gasteiger partial charge on any atom is 0.240 e. The normalized spacial score (nSPS) is 10.8. The van der Waals surface area contributed by atoms with Gasteiger partial charge in [0, 0.05) is 5.41 Å². The molecule has 0 unspecified atom stereocenters. The van der Waals surface area contributed by atoms with Crippen molar-refractivity contribution in [2.24, 2.45) is 0 Å². The van der Waals surface area contributed by atoms with Gasteiger partial charge in [-0.05, 0) is 60.4 Å². The minimum absolute atomic E-state index is 0.184. The first kappa shape index (κ1) is 25.5. The summed E-state index contributed by atoms with van der Waals surface area (Å²) in [6, 6.07) is 14.6. The Kier molecular flexibility index (Phi) is 8.24. The van der Waals surface area contributed by atoms with Crippen molar-refractivity contribution in [1.82, 2.24) is 0 Å². The fourth-order valence-electron chi connectivity index (χ4n) is 3.01. The number of hydrogen-bond donors (Lipinski definition) is 0. The molecule has 33 heavy (non-hydrogen) atoms. The quantitative estimate of drug-likeness (QED) is 0.357. The average Bonchev–Trinajstić information content (AvgIpc) is 2.80. The van der Waals surface area contributed by atoms with Crippen LogP contribution >= 0.6 is 0 Å². The van der Waals surface area contributed by atoms with Gasteiger partial charge in [0.05, 0.1) is 0 Å². The molecule has 172 valence electrons. The molecule has 0 amide bonds. The number of carbonyl (C=O) groups is 4. The van der Waals surface area contributed by atoms with Gasteiger partial charge < -0.3 is 9.47 Å². The molecule has 0 aliphatic rings. The summed E-state index contributed by atoms with van der Waals surface area (Å²) in [5.41, 5.74) is 2.03. The van der Waals surface area contributed by atoms with Crippen LogP contribution in [0.5, 0.6) is 11.5 Å². The fraction of sp³-hybridized carbons (Fsp3) is 0.259. The van der Waals surface area contributed by atoms with E-state index in [1.54, 1.807) is 24.3 Å². The van der Waals surface area contributed by atoms with E-state index in [0.717, 1.165) is 11.1 Å². The van der Waals surface area contributed by atoms with Gasteiger partial charge in [-0.3, -0.25) is 19.2 Å². The molecule has 6 heteroatoms. The molecular weight excluding hydrogens is 420 g/mol. The Morgan fingerprint density at radius 1 is 0.667 bits per heavy atom. The zero-order valence-electron chi connectivity index (χ0n) is 19.4. The number of allylic oxidation sites excluding steroid dienone is 2. The van der Waals surface area contributed by atoms with Crippen LogP contribution in [-0.2, 0) is 24.6 Å². The molecule has 0 fully saturated rings. The summed E-state index contributed by atoms with van der Waals surface area (Å²) in [5.74, 6) is -1.58. The van der Waals surface area contributed by atoms with E-state index in [4.69, 9.17) is 9.47 Å². The van der Waals surface area contributed by atoms with E-state index < -0.39 is 23.1 Å². The van der Waals surface area contributed by atoms with E-state index in [9.17, 15) is 19.2 Å². The van der Waals surface area contributed by atoms with Crippen molar-refractivity contribution in [3.63, 3.8) is 0 Å². The van der Waals surface area contributed by atoms with Gasteiger partial charge in [-0.15, -0.1) is 0 Å². The van der Waals surface area contributed by atoms with Crippen molar-refractivity contribution in [2.45, 2.75) is 33.1 Å². The molecule has 0 heterocycles. The Labute approximate surface area is 193 Å². The van der Waals surface area contributed by atoms with E-state index in [1.165, 1.54) is 13.8 Å². The molecule has 0 aliphatic carbocycles. The van der Waals surface area contributed by atoms with Crippen LogP contribution in [-0.4, -0.2) is 36.3 Å². The van der Waals surface area contributed by atoms with Crippen molar-refractivity contribution < 1.29 is 28.7 Å². The number of hydrogen-bond acceptors (Lipinski definition) is 6. The predicted molar refractivity (Wildman–Crippen MR) is 126 cm³/mol. The SMILES string of the molecule is C=C(C)C(=O)C(=O)COc1ccc(C(C)(C)c2ccc(OCC(=O)C(=O)C(=C)C)cc2)cc1. The third-order valence-electron chi connectivity index (χ3n) is 5.17. The summed E-state index contributed by atoms with van der Waals surface area (Å²) in [6.45, 7) is 13.4. The lowest BCUT2D eigenvalue weighted by Crippen LogP contribution is -2.22. The topological polar surface area (TPSA) is 86.7 Å². The number of carbonyl (C=O) groups excluding carboxylic acids is 4. The molecule has 2 rings (SSSR count). The predicted octanol–water partition coefficient (Wildman–Crippen LogP) is 4.20. The molecule has 0 N–H and O–H groups in total. The maximum atomic E-state index is 11.8. The minimum atomic E-state index is -0.639. The van der Waals surface area contributed by atoms with Crippen LogP contribution < -0.4 is 9.47 Å². The molecule has 0 atom stereocenters. The van der Waals surface area contributed by atoms with Gasteiger partial charge in [0.1, 0.15) is 11.5 Å². The molecule has 2 aromatic rings. The first-order valence-corrected chi connectivity index (χ1v) is 10.4. The first-order chi connectivity index (χ1) is 15.4. The second-order valence-electron chi connectivity index (χ2n) is 8.32. The summed E-state index contributed by atoms with van der Waals surface area (Å²) in [6.07, 6.45) is 0. The van der Waals surface area contributed by atoms with E-state index in [0.29, 0.717) is 11.5 Å². The zero-order valence-corrected chi connectivity index (χ0v) is 19.4. The van der Waals surface area contributed by atoms with Crippen LogP contribution in [0.25, 0.3) is 0 Å². The lowest BCUT2D eigenvalue weighted by atomic mass is 9.78. The van der Waals surface area contributed by atoms with Crippen molar-refractivity contribution >= 4 is 23.1 Å². The summed E-state index contributed by atoms with van der Waals surface area (Å²) in [7, 11) is 0. The number of ether oxygens (including phenoxy) is 2. The largest absolute Gasteiger partial charge is 0.485 e. The van der Waals surface area contributed by atoms with E-state index in [1.807, 2.05) is 24.3 Å². The van der Waals surface area contributed by atoms with Gasteiger partial charge >= 0.3 is 0 Å². The fourth-order valence-corrected chi connectivity index (χ4v) is 3.01. The molecule has 0 radical (unpaired) electrons. The van der Waals surface area contributed by atoms with Gasteiger partial charge in [0.25, 0.3) is 0 Å². The smallest absolute Gasteiger partial charge is 0.240 e. The number of rotatable bonds is 12. The van der Waals surface area contributed by atoms with Gasteiger partial charge in [-0.2, -0.15) is 0 Å². The van der Waals surface area contributed by atoms with E-state index in [-0.39, 0.29) is 29.8 Å². The molecule has 0 aromatic heterocycles. The van der Waals surface area contributed by atoms with Gasteiger partial charge in [-0.25, -0.2) is 0 Å². The molecule has 0 saturated heterocycles. The highest BCUT2D eigenvalue weighted by molar-refractivity contribution is 6.44. The lowest BCUT2D eigenvalue weighted by molar-refractivity contribution is -0.135. The average molecular weight is 449 g/mol. The van der Waals surface area contributed by atoms with Crippen molar-refractivity contribution in [2.75, 3.05) is 13.2 Å². The van der Waals surface area contributed by atoms with Crippen LogP contribution in [0.1, 0.15) is 38.8 Å². The van der Waals surface area contributed by atoms with Crippen molar-refractivity contribution in [3.05, 3.63) is 84.0 Å². The third-order valence-corrected chi connectivity index (χ3v) is 5.17. The second-order valence-corrected chi connectivity index (χ2v) is 8.32. The third kappa shape index (κ3) is 6.59. The van der Waals surface area contributed by atoms with Gasteiger partial charge in [0.15, 0.2) is 13.2 Å². The molecule has 0 spiro atoms. The highest BCUT2D eigenvalue weighted by atomic mass is 16.5. The Morgan fingerprint density at radius 2 is 0.970 bits per heavy atom. The van der Waals surface area contributed by atoms with Crippen LogP contribution in [0.4, 0.5) is 0 Å². The summed E-state index contributed by atoms with van der Waals surface area (Å²) >= 11 is 0. The maximum absolute atomic E-state index is 11.8. The highest BCUT2D eigenvalue weighted by Gasteiger charge is 2.23. The summed E-state index contributed by atoms with van der Waals surface area (Å²) in [4.78, 5) is 46.7. The van der Waals surface area contributed by atoms with Crippen LogP contribution in [0.15, 0.2) is 72.8 Å². The van der Waals surface area contributed by atoms with Crippen LogP contribution in [0, 0.1) is 0 Å². The second kappa shape index (κ2) is 10.7. The number of benzene rings is 2. The van der Waals surface area contributed by atoms with Crippen molar-refractivity contribution in [3.8, 4) is 11.5 Å². The Balaban J connectivity index is 2.02. The van der Waals surface area contributed by atoms with Crippen LogP contribution in [0.2, 0.25) is 0 Å². The Bertz CT molecular complexity index is 1000. The lowest BCUT2D eigenvalue weighted by Gasteiger charge is -2.26. The Hall–Kier alpha value is -3.80. The Morgan fingerprint density at radius 3 is 1.24 bits per heavy atom. The summed E-state index contributed by atoms with van der Waals surface area (Å²) < 4.78 is 10.8. The van der Waals surface area contributed by atoms with E-state index >= 15 is 0 Å². The number of ketones is 4. The monoisotopic (exact) mass is 448 g/mol. The number of Topliss-reactive ketones (excluding diaryl/α,β-unsaturated/α-hetero) is 4. The summed E-state index contributed by atoms with van der Waals surface area (Å²) in [5, 5.41) is 0. The first-order valence-electron chi connectivity index (χ1n) is 10.4. The van der Waals surface area contributed by atoms with Gasteiger partial charge in [-0.1, -0.05) is 51.3 Å². The standard InChI is InChI=1S/C27H28O6/c1-17(2)25(30)23(28)15-32-21-11-7-19(8-12-21)27(5,6)20-9-13-22(14-10-20)33-16-24(29)26(31)18(3)4/h7-14H,1,3,15-16H2,2,4-6H3. The molecule has 2 aromatic carbocycles. The molecule has 0 saturated carbocycles. The minimum Gasteiger partial charge on any atom is -0.485 e. The highest BCUT2D eigenvalue weighted by Crippen LogP contribution is 2.33. The van der Waals surface area contributed by atoms with E-state index in [2.05, 4.69) is 27.0 Å². The molecule has 6 nitrogen and oxygen atoms in total. The van der Waals surface area contributed by atoms with Gasteiger partial charge in [0.2, 0.25) is 23.1 Å². The molecular formula is C27H28O6. The van der Waals surface area contributed by atoms with Crippen molar-refractivity contribution in [1.29, 1.82) is 0 Å². The van der Waals surface area contributed by atoms with Crippen LogP contribution in [0.3, 0.4) is 0 Å². The molecule has 0 aliphatic heterocycles.